The Morgan fingerprint density at radius 2 is 1.80 bits per heavy atom. The largest absolute Gasteiger partial charge is 0.473 e. The van der Waals surface area contributed by atoms with E-state index < -0.39 is 23.6 Å². The first kappa shape index (κ1) is 16.8. The zero-order valence-corrected chi connectivity index (χ0v) is 13.0. The Morgan fingerprint density at radius 1 is 1.25 bits per heavy atom. The number of benzene rings is 1. The number of aliphatic hydroxyl groups excluding tert-OH is 1. The molecule has 0 radical (unpaired) electrons. The van der Waals surface area contributed by atoms with E-state index in [0.29, 0.717) is 10.8 Å². The molecule has 20 heavy (non-hydrogen) atoms. The number of carbonyl (C=O) groups excluding carboxylic acids is 1. The molecule has 0 spiro atoms. The van der Waals surface area contributed by atoms with E-state index in [1.54, 1.807) is 31.2 Å². The maximum Gasteiger partial charge on any atom is 0.353 e. The van der Waals surface area contributed by atoms with E-state index in [-0.39, 0.29) is 6.61 Å². The van der Waals surface area contributed by atoms with Crippen LogP contribution in [0.15, 0.2) is 24.3 Å². The number of hydrogen-bond acceptors (Lipinski definition) is 4. The summed E-state index contributed by atoms with van der Waals surface area (Å²) in [5, 5.41) is 10.3. The van der Waals surface area contributed by atoms with Gasteiger partial charge in [0, 0.05) is 10.4 Å². The highest BCUT2D eigenvalue weighted by Gasteiger charge is 2.52. The third-order valence-electron chi connectivity index (χ3n) is 3.15. The van der Waals surface area contributed by atoms with Gasteiger partial charge in [-0.2, -0.15) is 0 Å². The normalized spacial score (nSPS) is 14.5. The van der Waals surface area contributed by atoms with Gasteiger partial charge >= 0.3 is 5.97 Å². The monoisotopic (exact) mass is 300 g/mol. The van der Waals surface area contributed by atoms with Crippen LogP contribution in [0.2, 0.25) is 5.02 Å². The molecule has 0 aromatic heterocycles. The van der Waals surface area contributed by atoms with Crippen molar-refractivity contribution in [3.8, 4) is 5.75 Å². The smallest absolute Gasteiger partial charge is 0.353 e. The molecule has 0 aliphatic carbocycles. The Hall–Kier alpha value is -1.26. The van der Waals surface area contributed by atoms with Gasteiger partial charge in [-0.05, 0) is 31.2 Å². The zero-order chi connectivity index (χ0) is 15.4. The third-order valence-corrected chi connectivity index (χ3v) is 3.40. The van der Waals surface area contributed by atoms with E-state index in [4.69, 9.17) is 21.1 Å². The van der Waals surface area contributed by atoms with Crippen LogP contribution in [0.1, 0.15) is 27.7 Å². The highest BCUT2D eigenvalue weighted by molar-refractivity contribution is 6.30. The van der Waals surface area contributed by atoms with Crippen LogP contribution in [-0.4, -0.2) is 29.9 Å². The van der Waals surface area contributed by atoms with E-state index in [0.717, 1.165) is 0 Å². The van der Waals surface area contributed by atoms with Crippen molar-refractivity contribution in [2.24, 2.45) is 5.41 Å². The Balaban J connectivity index is 3.16. The summed E-state index contributed by atoms with van der Waals surface area (Å²) in [6, 6.07) is 6.62. The van der Waals surface area contributed by atoms with Gasteiger partial charge in [0.05, 0.1) is 13.2 Å². The van der Waals surface area contributed by atoms with Crippen LogP contribution in [0.4, 0.5) is 0 Å². The van der Waals surface area contributed by atoms with Gasteiger partial charge in [0.25, 0.3) is 0 Å². The standard InChI is InChI=1S/C15H21ClO4/c1-5-19-13(18)15(10-17,14(2,3)4)20-12-8-6-11(16)7-9-12/h6-9,17H,5,10H2,1-4H3. The second-order valence-corrected chi connectivity index (χ2v) is 5.95. The Morgan fingerprint density at radius 3 is 2.20 bits per heavy atom. The van der Waals surface area contributed by atoms with Crippen LogP contribution < -0.4 is 4.74 Å². The fourth-order valence-electron chi connectivity index (χ4n) is 1.79. The van der Waals surface area contributed by atoms with E-state index in [1.165, 1.54) is 0 Å². The number of halogens is 1. The SMILES string of the molecule is CCOC(=O)C(CO)(Oc1ccc(Cl)cc1)C(C)(C)C. The molecule has 0 bridgehead atoms. The van der Waals surface area contributed by atoms with Crippen molar-refractivity contribution < 1.29 is 19.4 Å². The minimum Gasteiger partial charge on any atom is -0.473 e. The maximum absolute atomic E-state index is 12.3. The lowest BCUT2D eigenvalue weighted by Crippen LogP contribution is -2.58. The number of rotatable bonds is 5. The second kappa shape index (κ2) is 6.46. The van der Waals surface area contributed by atoms with Crippen molar-refractivity contribution >= 4 is 17.6 Å². The van der Waals surface area contributed by atoms with E-state index >= 15 is 0 Å². The van der Waals surface area contributed by atoms with E-state index in [2.05, 4.69) is 0 Å². The highest BCUT2D eigenvalue weighted by Crippen LogP contribution is 2.36. The average Bonchev–Trinajstić information content (AvgIpc) is 2.37. The summed E-state index contributed by atoms with van der Waals surface area (Å²) in [6.45, 7) is 6.91. The summed E-state index contributed by atoms with van der Waals surface area (Å²) in [5.41, 5.74) is -2.11. The van der Waals surface area contributed by atoms with Crippen molar-refractivity contribution in [2.75, 3.05) is 13.2 Å². The molecule has 4 nitrogen and oxygen atoms in total. The second-order valence-electron chi connectivity index (χ2n) is 5.51. The first-order valence-corrected chi connectivity index (χ1v) is 6.87. The van der Waals surface area contributed by atoms with Gasteiger partial charge in [-0.3, -0.25) is 0 Å². The van der Waals surface area contributed by atoms with Crippen LogP contribution in [0.3, 0.4) is 0 Å². The molecule has 5 heteroatoms. The molecule has 0 saturated carbocycles. The fraction of sp³-hybridized carbons (Fsp3) is 0.533. The summed E-state index contributed by atoms with van der Waals surface area (Å²) < 4.78 is 10.9. The van der Waals surface area contributed by atoms with Crippen molar-refractivity contribution in [3.05, 3.63) is 29.3 Å². The van der Waals surface area contributed by atoms with Gasteiger partial charge in [-0.1, -0.05) is 32.4 Å². The Labute approximate surface area is 124 Å². The van der Waals surface area contributed by atoms with Gasteiger partial charge in [0.15, 0.2) is 0 Å². The van der Waals surface area contributed by atoms with Gasteiger partial charge in [0.1, 0.15) is 5.75 Å². The van der Waals surface area contributed by atoms with Crippen molar-refractivity contribution in [3.63, 3.8) is 0 Å². The average molecular weight is 301 g/mol. The molecule has 1 aromatic rings. The van der Waals surface area contributed by atoms with E-state index in [9.17, 15) is 9.90 Å². The van der Waals surface area contributed by atoms with Crippen LogP contribution in [0.25, 0.3) is 0 Å². The lowest BCUT2D eigenvalue weighted by Gasteiger charge is -2.40. The first-order chi connectivity index (χ1) is 9.26. The molecular weight excluding hydrogens is 280 g/mol. The predicted molar refractivity (Wildman–Crippen MR) is 78.0 cm³/mol. The molecule has 1 N–H and O–H groups in total. The van der Waals surface area contributed by atoms with Crippen LogP contribution in [0.5, 0.6) is 5.75 Å². The topological polar surface area (TPSA) is 55.8 Å². The Kier molecular flexibility index (Phi) is 5.42. The Bertz CT molecular complexity index is 450. The lowest BCUT2D eigenvalue weighted by molar-refractivity contribution is -0.178. The highest BCUT2D eigenvalue weighted by atomic mass is 35.5. The predicted octanol–water partition coefficient (Wildman–Crippen LogP) is 3.06. The molecule has 1 aromatic carbocycles. The number of ether oxygens (including phenoxy) is 2. The minimum atomic E-state index is -1.46. The number of aliphatic hydroxyl groups is 1. The maximum atomic E-state index is 12.3. The fourth-order valence-corrected chi connectivity index (χ4v) is 1.91. The molecule has 0 amide bonds. The molecule has 1 rings (SSSR count). The van der Waals surface area contributed by atoms with Gasteiger partial charge in [0.2, 0.25) is 5.60 Å². The van der Waals surface area contributed by atoms with E-state index in [1.807, 2.05) is 20.8 Å². The molecular formula is C15H21ClO4. The molecule has 0 aliphatic rings. The van der Waals surface area contributed by atoms with Crippen molar-refractivity contribution in [1.29, 1.82) is 0 Å². The molecule has 0 heterocycles. The summed E-state index contributed by atoms with van der Waals surface area (Å²) >= 11 is 5.82. The quantitative estimate of drug-likeness (QED) is 0.849. The van der Waals surface area contributed by atoms with Gasteiger partial charge < -0.3 is 14.6 Å². The van der Waals surface area contributed by atoms with Crippen LogP contribution in [0, 0.1) is 5.41 Å². The minimum absolute atomic E-state index is 0.223. The number of hydrogen-bond donors (Lipinski definition) is 1. The molecule has 0 aliphatic heterocycles. The van der Waals surface area contributed by atoms with Crippen molar-refractivity contribution in [1.82, 2.24) is 0 Å². The summed E-state index contributed by atoms with van der Waals surface area (Å²) in [5.74, 6) is -0.128. The molecule has 1 atom stereocenters. The molecule has 0 saturated heterocycles. The summed E-state index contributed by atoms with van der Waals surface area (Å²) in [7, 11) is 0. The van der Waals surface area contributed by atoms with Gasteiger partial charge in [-0.15, -0.1) is 0 Å². The lowest BCUT2D eigenvalue weighted by atomic mass is 9.76. The molecule has 1 unspecified atom stereocenters. The summed E-state index contributed by atoms with van der Waals surface area (Å²) in [4.78, 5) is 12.3. The number of esters is 1. The van der Waals surface area contributed by atoms with Crippen LogP contribution in [-0.2, 0) is 9.53 Å². The molecule has 0 fully saturated rings. The first-order valence-electron chi connectivity index (χ1n) is 6.49. The number of carbonyl (C=O) groups is 1. The summed E-state index contributed by atoms with van der Waals surface area (Å²) in [6.07, 6.45) is 0. The third kappa shape index (κ3) is 3.44. The van der Waals surface area contributed by atoms with Gasteiger partial charge in [-0.25, -0.2) is 4.79 Å². The van der Waals surface area contributed by atoms with Crippen molar-refractivity contribution in [2.45, 2.75) is 33.3 Å². The zero-order valence-electron chi connectivity index (χ0n) is 12.3. The molecule has 112 valence electrons. The van der Waals surface area contributed by atoms with Crippen LogP contribution >= 0.6 is 11.6 Å².